The maximum absolute atomic E-state index is 5.57. The Bertz CT molecular complexity index is 452. The van der Waals surface area contributed by atoms with Crippen molar-refractivity contribution in [2.45, 2.75) is 32.6 Å². The molecule has 2 aromatic rings. The number of nitrogens with two attached hydrogens (primary N) is 1. The highest BCUT2D eigenvalue weighted by Gasteiger charge is 2.12. The van der Waals surface area contributed by atoms with E-state index in [1.54, 1.807) is 0 Å². The third kappa shape index (κ3) is 3.13. The van der Waals surface area contributed by atoms with Crippen molar-refractivity contribution in [3.8, 4) is 11.6 Å². The average Bonchev–Trinajstić information content (AvgIpc) is 3.04. The van der Waals surface area contributed by atoms with Gasteiger partial charge >= 0.3 is 0 Å². The van der Waals surface area contributed by atoms with Gasteiger partial charge in [-0.05, 0) is 25.3 Å². The van der Waals surface area contributed by atoms with Gasteiger partial charge in [-0.1, -0.05) is 18.5 Å². The fourth-order valence-corrected chi connectivity index (χ4v) is 1.88. The molecule has 0 aliphatic carbocycles. The Labute approximate surface area is 105 Å². The van der Waals surface area contributed by atoms with Gasteiger partial charge < -0.3 is 10.3 Å². The molecule has 1 atom stereocenters. The standard InChI is InChI=1S/C11H18N6O/c1-2-8(5-6-12)3-4-9-15-11(17-18-9)10-13-7-14-16-10/h7-8H,2-6,12H2,1H3,(H,13,14,16). The summed E-state index contributed by atoms with van der Waals surface area (Å²) in [5.41, 5.74) is 5.57. The van der Waals surface area contributed by atoms with Gasteiger partial charge in [0.1, 0.15) is 6.33 Å². The van der Waals surface area contributed by atoms with E-state index in [0.29, 0.717) is 23.5 Å². The van der Waals surface area contributed by atoms with Crippen LogP contribution in [-0.2, 0) is 6.42 Å². The summed E-state index contributed by atoms with van der Waals surface area (Å²) >= 11 is 0. The quantitative estimate of drug-likeness (QED) is 0.763. The smallest absolute Gasteiger partial charge is 0.239 e. The van der Waals surface area contributed by atoms with E-state index >= 15 is 0 Å². The first-order valence-corrected chi connectivity index (χ1v) is 6.21. The van der Waals surface area contributed by atoms with Crippen molar-refractivity contribution in [2.75, 3.05) is 6.54 Å². The zero-order valence-corrected chi connectivity index (χ0v) is 10.5. The Balaban J connectivity index is 1.91. The normalized spacial score (nSPS) is 12.8. The molecule has 0 aliphatic heterocycles. The number of aromatic nitrogens is 5. The topological polar surface area (TPSA) is 107 Å². The van der Waals surface area contributed by atoms with Crippen LogP contribution in [0.3, 0.4) is 0 Å². The summed E-state index contributed by atoms with van der Waals surface area (Å²) in [5.74, 6) is 2.24. The molecule has 98 valence electrons. The van der Waals surface area contributed by atoms with Gasteiger partial charge in [0.25, 0.3) is 0 Å². The van der Waals surface area contributed by atoms with Crippen LogP contribution in [0.2, 0.25) is 0 Å². The molecular formula is C11H18N6O. The van der Waals surface area contributed by atoms with Crippen LogP contribution in [0.5, 0.6) is 0 Å². The van der Waals surface area contributed by atoms with E-state index in [-0.39, 0.29) is 0 Å². The lowest BCUT2D eigenvalue weighted by atomic mass is 9.97. The summed E-state index contributed by atoms with van der Waals surface area (Å²) in [6.45, 7) is 2.90. The predicted molar refractivity (Wildman–Crippen MR) is 65.4 cm³/mol. The Hall–Kier alpha value is -1.76. The molecule has 0 bridgehead atoms. The lowest BCUT2D eigenvalue weighted by Gasteiger charge is -2.11. The molecule has 7 nitrogen and oxygen atoms in total. The van der Waals surface area contributed by atoms with E-state index < -0.39 is 0 Å². The fourth-order valence-electron chi connectivity index (χ4n) is 1.88. The third-order valence-corrected chi connectivity index (χ3v) is 3.01. The molecule has 7 heteroatoms. The minimum absolute atomic E-state index is 0.453. The highest BCUT2D eigenvalue weighted by Crippen LogP contribution is 2.16. The molecule has 0 fully saturated rings. The largest absolute Gasteiger partial charge is 0.339 e. The van der Waals surface area contributed by atoms with Gasteiger partial charge in [-0.2, -0.15) is 10.1 Å². The van der Waals surface area contributed by atoms with Crippen molar-refractivity contribution in [1.82, 2.24) is 25.3 Å². The number of hydrogen-bond acceptors (Lipinski definition) is 6. The van der Waals surface area contributed by atoms with Gasteiger partial charge in [0.15, 0.2) is 5.82 Å². The zero-order chi connectivity index (χ0) is 12.8. The van der Waals surface area contributed by atoms with Crippen molar-refractivity contribution in [2.24, 2.45) is 11.7 Å². The number of nitrogens with zero attached hydrogens (tertiary/aromatic N) is 4. The monoisotopic (exact) mass is 250 g/mol. The summed E-state index contributed by atoms with van der Waals surface area (Å²) in [5, 5.41) is 10.3. The minimum atomic E-state index is 0.453. The summed E-state index contributed by atoms with van der Waals surface area (Å²) in [4.78, 5) is 8.25. The summed E-state index contributed by atoms with van der Waals surface area (Å²) < 4.78 is 5.18. The highest BCUT2D eigenvalue weighted by molar-refractivity contribution is 5.39. The van der Waals surface area contributed by atoms with Gasteiger partial charge in [-0.25, -0.2) is 4.98 Å². The molecule has 2 aromatic heterocycles. The SMILES string of the molecule is CCC(CCN)CCc1nc(-c2ncn[nH]2)no1. The Kier molecular flexibility index (Phi) is 4.40. The molecule has 0 saturated carbocycles. The van der Waals surface area contributed by atoms with Crippen molar-refractivity contribution in [3.05, 3.63) is 12.2 Å². The van der Waals surface area contributed by atoms with E-state index in [9.17, 15) is 0 Å². The van der Waals surface area contributed by atoms with E-state index in [1.807, 2.05) is 0 Å². The van der Waals surface area contributed by atoms with E-state index in [4.69, 9.17) is 10.3 Å². The summed E-state index contributed by atoms with van der Waals surface area (Å²) in [6.07, 6.45) is 5.38. The van der Waals surface area contributed by atoms with Gasteiger partial charge in [-0.15, -0.1) is 0 Å². The Morgan fingerprint density at radius 3 is 3.00 bits per heavy atom. The van der Waals surface area contributed by atoms with E-state index in [1.165, 1.54) is 6.33 Å². The number of H-pyrrole nitrogens is 1. The molecular weight excluding hydrogens is 232 g/mol. The van der Waals surface area contributed by atoms with Gasteiger partial charge in [-0.3, -0.25) is 5.10 Å². The third-order valence-electron chi connectivity index (χ3n) is 3.01. The lowest BCUT2D eigenvalue weighted by Crippen LogP contribution is -2.09. The lowest BCUT2D eigenvalue weighted by molar-refractivity contribution is 0.354. The van der Waals surface area contributed by atoms with Crippen LogP contribution in [0.1, 0.15) is 32.1 Å². The van der Waals surface area contributed by atoms with Crippen LogP contribution >= 0.6 is 0 Å². The van der Waals surface area contributed by atoms with Crippen molar-refractivity contribution < 1.29 is 4.52 Å². The van der Waals surface area contributed by atoms with Crippen LogP contribution in [0, 0.1) is 5.92 Å². The van der Waals surface area contributed by atoms with Crippen LogP contribution in [0.15, 0.2) is 10.9 Å². The predicted octanol–water partition coefficient (Wildman–Crippen LogP) is 1.16. The Morgan fingerprint density at radius 1 is 1.44 bits per heavy atom. The molecule has 0 amide bonds. The number of hydrogen-bond donors (Lipinski definition) is 2. The molecule has 0 aromatic carbocycles. The second-order valence-corrected chi connectivity index (χ2v) is 4.24. The first-order valence-electron chi connectivity index (χ1n) is 6.21. The molecule has 0 saturated heterocycles. The van der Waals surface area contributed by atoms with Crippen molar-refractivity contribution >= 4 is 0 Å². The number of aromatic amines is 1. The second-order valence-electron chi connectivity index (χ2n) is 4.24. The van der Waals surface area contributed by atoms with Crippen LogP contribution in [0.25, 0.3) is 11.6 Å². The van der Waals surface area contributed by atoms with Gasteiger partial charge in [0.05, 0.1) is 0 Å². The Morgan fingerprint density at radius 2 is 2.33 bits per heavy atom. The van der Waals surface area contributed by atoms with Gasteiger partial charge in [0, 0.05) is 6.42 Å². The van der Waals surface area contributed by atoms with Gasteiger partial charge in [0.2, 0.25) is 11.7 Å². The maximum Gasteiger partial charge on any atom is 0.239 e. The molecule has 0 radical (unpaired) electrons. The summed E-state index contributed by atoms with van der Waals surface area (Å²) in [6, 6.07) is 0. The second kappa shape index (κ2) is 6.25. The van der Waals surface area contributed by atoms with Crippen LogP contribution in [-0.4, -0.2) is 31.9 Å². The number of rotatable bonds is 7. The number of aryl methyl sites for hydroxylation is 1. The zero-order valence-electron chi connectivity index (χ0n) is 10.5. The van der Waals surface area contributed by atoms with E-state index in [2.05, 4.69) is 32.2 Å². The van der Waals surface area contributed by atoms with Crippen LogP contribution in [0.4, 0.5) is 0 Å². The highest BCUT2D eigenvalue weighted by atomic mass is 16.5. The van der Waals surface area contributed by atoms with E-state index in [0.717, 1.165) is 32.2 Å². The first kappa shape index (κ1) is 12.7. The van der Waals surface area contributed by atoms with Crippen molar-refractivity contribution in [1.29, 1.82) is 0 Å². The van der Waals surface area contributed by atoms with Crippen molar-refractivity contribution in [3.63, 3.8) is 0 Å². The molecule has 3 N–H and O–H groups in total. The molecule has 2 heterocycles. The molecule has 0 aliphatic rings. The number of nitrogens with one attached hydrogen (secondary N) is 1. The molecule has 1 unspecified atom stereocenters. The molecule has 2 rings (SSSR count). The fraction of sp³-hybridized carbons (Fsp3) is 0.636. The summed E-state index contributed by atoms with van der Waals surface area (Å²) in [7, 11) is 0. The molecule has 0 spiro atoms. The minimum Gasteiger partial charge on any atom is -0.339 e. The average molecular weight is 250 g/mol. The first-order chi connectivity index (χ1) is 8.83. The van der Waals surface area contributed by atoms with Crippen LogP contribution < -0.4 is 5.73 Å². The molecule has 18 heavy (non-hydrogen) atoms. The maximum atomic E-state index is 5.57.